The molecule has 0 unspecified atom stereocenters. The topological polar surface area (TPSA) is 67.6 Å². The molecule has 2 fully saturated rings. The number of halogens is 1. The van der Waals surface area contributed by atoms with E-state index in [-0.39, 0.29) is 17.9 Å². The highest BCUT2D eigenvalue weighted by atomic mass is 35.5. The molecule has 2 aliphatic rings. The van der Waals surface area contributed by atoms with E-state index in [1.54, 1.807) is 0 Å². The van der Waals surface area contributed by atoms with Crippen LogP contribution in [0.4, 0.5) is 0 Å². The van der Waals surface area contributed by atoms with E-state index in [9.17, 15) is 4.79 Å². The zero-order valence-electron chi connectivity index (χ0n) is 14.6. The third-order valence-electron chi connectivity index (χ3n) is 5.24. The van der Waals surface area contributed by atoms with E-state index in [4.69, 9.17) is 22.1 Å². The normalized spacial score (nSPS) is 26.2. The summed E-state index contributed by atoms with van der Waals surface area (Å²) in [6.07, 6.45) is 3.81. The van der Waals surface area contributed by atoms with Crippen LogP contribution < -0.4 is 11.1 Å². The van der Waals surface area contributed by atoms with Crippen LogP contribution in [-0.2, 0) is 16.1 Å². The second-order valence-electron chi connectivity index (χ2n) is 7.18. The summed E-state index contributed by atoms with van der Waals surface area (Å²) in [5, 5.41) is 3.76. The van der Waals surface area contributed by atoms with Gasteiger partial charge in [0.2, 0.25) is 5.91 Å². The number of ether oxygens (including phenoxy) is 1. The van der Waals surface area contributed by atoms with Crippen molar-refractivity contribution in [2.75, 3.05) is 26.3 Å². The average Bonchev–Trinajstić information content (AvgIpc) is 2.82. The highest BCUT2D eigenvalue weighted by Gasteiger charge is 2.31. The smallest absolute Gasteiger partial charge is 0.224 e. The van der Waals surface area contributed by atoms with Gasteiger partial charge >= 0.3 is 0 Å². The highest BCUT2D eigenvalue weighted by molar-refractivity contribution is 6.30. The molecule has 6 heteroatoms. The largest absolute Gasteiger partial charge is 0.381 e. The number of hydrogen-bond acceptors (Lipinski definition) is 4. The summed E-state index contributed by atoms with van der Waals surface area (Å²) in [6, 6.07) is 8.24. The molecule has 3 rings (SSSR count). The first kappa shape index (κ1) is 18.6. The van der Waals surface area contributed by atoms with E-state index in [0.717, 1.165) is 57.6 Å². The van der Waals surface area contributed by atoms with E-state index in [1.807, 2.05) is 24.3 Å². The molecule has 2 saturated heterocycles. The summed E-state index contributed by atoms with van der Waals surface area (Å²) >= 11 is 6.01. The molecule has 1 amide bonds. The molecule has 1 aromatic rings. The van der Waals surface area contributed by atoms with E-state index in [0.29, 0.717) is 17.6 Å². The Balaban J connectivity index is 1.58. The molecular formula is C19H28ClN3O2. The van der Waals surface area contributed by atoms with Gasteiger partial charge in [0.1, 0.15) is 0 Å². The first-order valence-corrected chi connectivity index (χ1v) is 9.59. The van der Waals surface area contributed by atoms with Gasteiger partial charge < -0.3 is 15.8 Å². The minimum absolute atomic E-state index is 0.00409. The maximum absolute atomic E-state index is 12.7. The van der Waals surface area contributed by atoms with E-state index >= 15 is 0 Å². The van der Waals surface area contributed by atoms with Gasteiger partial charge in [-0.05, 0) is 43.4 Å². The van der Waals surface area contributed by atoms with Crippen LogP contribution in [0.2, 0.25) is 5.02 Å². The Morgan fingerprint density at radius 1 is 1.24 bits per heavy atom. The van der Waals surface area contributed by atoms with Crippen LogP contribution in [0, 0.1) is 5.92 Å². The van der Waals surface area contributed by atoms with Crippen LogP contribution >= 0.6 is 11.6 Å². The molecule has 0 spiro atoms. The maximum atomic E-state index is 12.7. The predicted octanol–water partition coefficient (Wildman–Crippen LogP) is 2.17. The van der Waals surface area contributed by atoms with Crippen LogP contribution in [0.1, 0.15) is 31.2 Å². The third kappa shape index (κ3) is 5.42. The fraction of sp³-hybridized carbons (Fsp3) is 0.632. The number of nitrogens with one attached hydrogen (secondary N) is 1. The molecule has 2 aliphatic heterocycles. The second kappa shape index (κ2) is 8.99. The van der Waals surface area contributed by atoms with Gasteiger partial charge in [-0.25, -0.2) is 0 Å². The molecule has 0 aliphatic carbocycles. The van der Waals surface area contributed by atoms with Gasteiger partial charge in [0.05, 0.1) is 5.92 Å². The number of carbonyl (C=O) groups excluding carboxylic acids is 1. The van der Waals surface area contributed by atoms with E-state index in [1.165, 1.54) is 0 Å². The van der Waals surface area contributed by atoms with Gasteiger partial charge in [-0.3, -0.25) is 9.69 Å². The molecule has 25 heavy (non-hydrogen) atoms. The zero-order chi connectivity index (χ0) is 17.6. The fourth-order valence-electron chi connectivity index (χ4n) is 3.80. The van der Waals surface area contributed by atoms with Crippen LogP contribution in [0.25, 0.3) is 0 Å². The highest BCUT2D eigenvalue weighted by Crippen LogP contribution is 2.22. The van der Waals surface area contributed by atoms with Crippen LogP contribution in [0.3, 0.4) is 0 Å². The van der Waals surface area contributed by atoms with Crippen LogP contribution in [-0.4, -0.2) is 49.2 Å². The molecule has 138 valence electrons. The minimum atomic E-state index is -0.00409. The Bertz CT molecular complexity index is 578. The van der Waals surface area contributed by atoms with E-state index in [2.05, 4.69) is 10.2 Å². The summed E-state index contributed by atoms with van der Waals surface area (Å²) in [5.74, 6) is 0.113. The van der Waals surface area contributed by atoms with Crippen molar-refractivity contribution in [2.45, 2.75) is 44.3 Å². The molecule has 2 atom stereocenters. The summed E-state index contributed by atoms with van der Waals surface area (Å²) in [6.45, 7) is 3.80. The molecule has 0 saturated carbocycles. The van der Waals surface area contributed by atoms with Crippen molar-refractivity contribution in [1.29, 1.82) is 0 Å². The second-order valence-corrected chi connectivity index (χ2v) is 7.62. The number of carbonyl (C=O) groups is 1. The quantitative estimate of drug-likeness (QED) is 0.858. The lowest BCUT2D eigenvalue weighted by Gasteiger charge is -2.35. The number of hydrogen-bond donors (Lipinski definition) is 2. The van der Waals surface area contributed by atoms with Gasteiger partial charge in [-0.2, -0.15) is 0 Å². The van der Waals surface area contributed by atoms with Gasteiger partial charge in [0.15, 0.2) is 0 Å². The summed E-state index contributed by atoms with van der Waals surface area (Å²) < 4.78 is 5.47. The molecule has 0 bridgehead atoms. The van der Waals surface area contributed by atoms with E-state index < -0.39 is 0 Å². The van der Waals surface area contributed by atoms with Crippen molar-refractivity contribution in [3.8, 4) is 0 Å². The SMILES string of the molecule is N[C@H]1CC[C@@H](C(=O)NCc2cccc(Cl)c2)CN(C2CCOCC2)C1. The van der Waals surface area contributed by atoms with Crippen molar-refractivity contribution in [1.82, 2.24) is 10.2 Å². The molecule has 1 aromatic carbocycles. The Hall–Kier alpha value is -1.14. The number of nitrogens with two attached hydrogens (primary N) is 1. The first-order valence-electron chi connectivity index (χ1n) is 9.21. The lowest BCUT2D eigenvalue weighted by Crippen LogP contribution is -2.47. The fourth-order valence-corrected chi connectivity index (χ4v) is 4.01. The Kier molecular flexibility index (Phi) is 6.70. The van der Waals surface area contributed by atoms with Crippen LogP contribution in [0.5, 0.6) is 0 Å². The lowest BCUT2D eigenvalue weighted by molar-refractivity contribution is -0.126. The Morgan fingerprint density at radius 2 is 2.04 bits per heavy atom. The lowest BCUT2D eigenvalue weighted by atomic mass is 10.0. The monoisotopic (exact) mass is 365 g/mol. The number of nitrogens with zero attached hydrogens (tertiary/aromatic N) is 1. The van der Waals surface area contributed by atoms with Crippen molar-refractivity contribution >= 4 is 17.5 Å². The van der Waals surface area contributed by atoms with Crippen molar-refractivity contribution < 1.29 is 9.53 Å². The van der Waals surface area contributed by atoms with Crippen LogP contribution in [0.15, 0.2) is 24.3 Å². The Labute approximate surface area is 154 Å². The van der Waals surface area contributed by atoms with Gasteiger partial charge in [0.25, 0.3) is 0 Å². The van der Waals surface area contributed by atoms with Crippen molar-refractivity contribution in [3.63, 3.8) is 0 Å². The average molecular weight is 366 g/mol. The van der Waals surface area contributed by atoms with Crippen molar-refractivity contribution in [3.05, 3.63) is 34.9 Å². The third-order valence-corrected chi connectivity index (χ3v) is 5.48. The standard InChI is InChI=1S/C19H28ClN3O2/c20-16-3-1-2-14(10-16)11-22-19(24)15-4-5-17(21)13-23(12-15)18-6-8-25-9-7-18/h1-3,10,15,17-18H,4-9,11-13,21H2,(H,22,24)/t15-,17+/m1/s1. The summed E-state index contributed by atoms with van der Waals surface area (Å²) in [4.78, 5) is 15.1. The van der Waals surface area contributed by atoms with Gasteiger partial charge in [-0.1, -0.05) is 23.7 Å². The van der Waals surface area contributed by atoms with Crippen molar-refractivity contribution in [2.24, 2.45) is 11.7 Å². The first-order chi connectivity index (χ1) is 12.1. The predicted molar refractivity (Wildman–Crippen MR) is 99.4 cm³/mol. The summed E-state index contributed by atoms with van der Waals surface area (Å²) in [5.41, 5.74) is 7.28. The van der Waals surface area contributed by atoms with Gasteiger partial charge in [0, 0.05) is 50.0 Å². The van der Waals surface area contributed by atoms with Gasteiger partial charge in [-0.15, -0.1) is 0 Å². The summed E-state index contributed by atoms with van der Waals surface area (Å²) in [7, 11) is 0. The molecule has 0 aromatic heterocycles. The number of rotatable bonds is 4. The molecule has 2 heterocycles. The molecule has 0 radical (unpaired) electrons. The molecule has 5 nitrogen and oxygen atoms in total. The number of likely N-dealkylation sites (tertiary alicyclic amines) is 1. The molecule has 3 N–H and O–H groups in total. The Morgan fingerprint density at radius 3 is 2.80 bits per heavy atom. The minimum Gasteiger partial charge on any atom is -0.381 e. The number of amides is 1. The zero-order valence-corrected chi connectivity index (χ0v) is 15.4. The maximum Gasteiger partial charge on any atom is 0.224 e. The molecular weight excluding hydrogens is 338 g/mol. The number of benzene rings is 1.